The van der Waals surface area contributed by atoms with Crippen molar-refractivity contribution in [2.45, 2.75) is 48.0 Å². The van der Waals surface area contributed by atoms with Crippen molar-refractivity contribution in [3.63, 3.8) is 0 Å². The predicted octanol–water partition coefficient (Wildman–Crippen LogP) is 8.26. The Hall–Kier alpha value is -3.39. The molecule has 2 heterocycles. The van der Waals surface area contributed by atoms with E-state index in [1.807, 2.05) is 0 Å². The number of hydrogen-bond acceptors (Lipinski definition) is 1. The second-order valence-electron chi connectivity index (χ2n) is 11.3. The monoisotopic (exact) mass is 446 g/mol. The molecule has 0 N–H and O–H groups in total. The Kier molecular flexibility index (Phi) is 4.39. The second-order valence-corrected chi connectivity index (χ2v) is 11.3. The standard InChI is InChI=1S/C32H32NO/c1-18-8-10-23-20(3)31-28(19(2)26(23)14-18)30-29-25(12-13-33(30)7)24-11-9-21(17-32(4,5)6)15-22(24)16-27(29)34-31/h8-16H,17H2,1-7H3/q+1. The number of benzene rings is 4. The van der Waals surface area contributed by atoms with Gasteiger partial charge in [0.05, 0.1) is 10.9 Å². The Balaban J connectivity index is 1.71. The largest absolute Gasteiger partial charge is 0.455 e. The van der Waals surface area contributed by atoms with Gasteiger partial charge in [-0.1, -0.05) is 62.7 Å². The predicted molar refractivity (Wildman–Crippen MR) is 143 cm³/mol. The van der Waals surface area contributed by atoms with Gasteiger partial charge in [-0.05, 0) is 71.3 Å². The minimum absolute atomic E-state index is 0.253. The van der Waals surface area contributed by atoms with E-state index in [0.29, 0.717) is 0 Å². The molecular weight excluding hydrogens is 414 g/mol. The first-order chi connectivity index (χ1) is 16.1. The molecule has 34 heavy (non-hydrogen) atoms. The maximum absolute atomic E-state index is 6.79. The van der Waals surface area contributed by atoms with Crippen LogP contribution >= 0.6 is 0 Å². The highest BCUT2D eigenvalue weighted by Gasteiger charge is 2.32. The van der Waals surface area contributed by atoms with Crippen LogP contribution in [-0.4, -0.2) is 0 Å². The van der Waals surface area contributed by atoms with E-state index in [4.69, 9.17) is 4.74 Å². The Morgan fingerprint density at radius 3 is 2.32 bits per heavy atom. The van der Waals surface area contributed by atoms with Gasteiger partial charge in [-0.2, -0.15) is 0 Å². The molecule has 1 aliphatic rings. The summed E-state index contributed by atoms with van der Waals surface area (Å²) in [7, 11) is 2.15. The summed E-state index contributed by atoms with van der Waals surface area (Å²) in [6.07, 6.45) is 3.26. The fourth-order valence-electron chi connectivity index (χ4n) is 5.85. The van der Waals surface area contributed by atoms with Gasteiger partial charge in [0, 0.05) is 17.0 Å². The van der Waals surface area contributed by atoms with E-state index in [-0.39, 0.29) is 5.41 Å². The molecule has 0 unspecified atom stereocenters. The van der Waals surface area contributed by atoms with Crippen molar-refractivity contribution in [1.82, 2.24) is 0 Å². The van der Waals surface area contributed by atoms with Gasteiger partial charge in [-0.15, -0.1) is 0 Å². The summed E-state index contributed by atoms with van der Waals surface area (Å²) < 4.78 is 9.05. The molecule has 0 spiro atoms. The zero-order valence-electron chi connectivity index (χ0n) is 21.3. The van der Waals surface area contributed by atoms with Crippen molar-refractivity contribution >= 4 is 32.3 Å². The smallest absolute Gasteiger partial charge is 0.228 e. The Morgan fingerprint density at radius 2 is 1.56 bits per heavy atom. The number of rotatable bonds is 1. The van der Waals surface area contributed by atoms with Crippen LogP contribution in [0.3, 0.4) is 0 Å². The molecule has 1 aliphatic heterocycles. The summed E-state index contributed by atoms with van der Waals surface area (Å²) in [6.45, 7) is 13.5. The fourth-order valence-corrected chi connectivity index (χ4v) is 5.85. The molecule has 0 amide bonds. The van der Waals surface area contributed by atoms with Crippen LogP contribution in [0.5, 0.6) is 11.5 Å². The number of aromatic nitrogens is 1. The second kappa shape index (κ2) is 7.06. The summed E-state index contributed by atoms with van der Waals surface area (Å²) in [4.78, 5) is 0. The Bertz CT molecular complexity index is 1670. The average molecular weight is 447 g/mol. The van der Waals surface area contributed by atoms with Crippen LogP contribution in [0.1, 0.15) is 43.0 Å². The van der Waals surface area contributed by atoms with Crippen LogP contribution < -0.4 is 9.30 Å². The lowest BCUT2D eigenvalue weighted by Gasteiger charge is -2.25. The van der Waals surface area contributed by atoms with Crippen molar-refractivity contribution in [1.29, 1.82) is 0 Å². The normalized spacial score (nSPS) is 12.9. The molecule has 6 rings (SSSR count). The third-order valence-corrected chi connectivity index (χ3v) is 7.37. The first-order valence-electron chi connectivity index (χ1n) is 12.2. The molecule has 2 heteroatoms. The van der Waals surface area contributed by atoms with Crippen LogP contribution in [0.4, 0.5) is 0 Å². The number of hydrogen-bond donors (Lipinski definition) is 0. The van der Waals surface area contributed by atoms with E-state index in [2.05, 4.69) is 108 Å². The summed E-state index contributed by atoms with van der Waals surface area (Å²) in [5.74, 6) is 1.96. The van der Waals surface area contributed by atoms with Crippen molar-refractivity contribution in [3.05, 3.63) is 77.0 Å². The molecule has 0 saturated heterocycles. The number of nitrogens with zero attached hydrogens (tertiary/aromatic N) is 1. The Morgan fingerprint density at radius 1 is 0.794 bits per heavy atom. The van der Waals surface area contributed by atoms with Gasteiger partial charge in [0.2, 0.25) is 5.69 Å². The highest BCUT2D eigenvalue weighted by Crippen LogP contribution is 2.51. The summed E-state index contributed by atoms with van der Waals surface area (Å²) in [5.41, 5.74) is 7.87. The van der Waals surface area contributed by atoms with E-state index in [1.165, 1.54) is 65.8 Å². The SMILES string of the molecule is Cc1ccc2c(C)c3c(c(C)c2c1)-c1c2c(cc4cc(CC(C)(C)C)ccc4c2cc[n+]1C)O3. The molecule has 2 nitrogen and oxygen atoms in total. The number of ether oxygens (including phenoxy) is 1. The number of fused-ring (bicyclic) bond motifs is 5. The van der Waals surface area contributed by atoms with E-state index >= 15 is 0 Å². The first kappa shape index (κ1) is 21.2. The molecule has 5 aromatic rings. The van der Waals surface area contributed by atoms with E-state index in [1.54, 1.807) is 0 Å². The van der Waals surface area contributed by atoms with Gasteiger partial charge in [0.1, 0.15) is 18.5 Å². The van der Waals surface area contributed by atoms with E-state index in [9.17, 15) is 0 Å². The van der Waals surface area contributed by atoms with Gasteiger partial charge in [0.15, 0.2) is 6.20 Å². The molecule has 0 aliphatic carbocycles. The third-order valence-electron chi connectivity index (χ3n) is 7.37. The zero-order valence-corrected chi connectivity index (χ0v) is 21.3. The maximum Gasteiger partial charge on any atom is 0.228 e. The van der Waals surface area contributed by atoms with Crippen LogP contribution in [-0.2, 0) is 13.5 Å². The molecular formula is C32H32NO+. The highest BCUT2D eigenvalue weighted by atomic mass is 16.5. The maximum atomic E-state index is 6.79. The van der Waals surface area contributed by atoms with Crippen LogP contribution in [0.2, 0.25) is 0 Å². The quantitative estimate of drug-likeness (QED) is 0.183. The average Bonchev–Trinajstić information content (AvgIpc) is 2.77. The molecule has 0 saturated carbocycles. The first-order valence-corrected chi connectivity index (χ1v) is 12.2. The summed E-state index contributed by atoms with van der Waals surface area (Å²) in [5, 5.41) is 7.59. The summed E-state index contributed by atoms with van der Waals surface area (Å²) >= 11 is 0. The number of aryl methyl sites for hydroxylation is 4. The lowest BCUT2D eigenvalue weighted by Crippen LogP contribution is -2.32. The molecule has 0 bridgehead atoms. The third kappa shape index (κ3) is 3.05. The van der Waals surface area contributed by atoms with Crippen molar-refractivity contribution in [2.75, 3.05) is 0 Å². The summed E-state index contributed by atoms with van der Waals surface area (Å²) in [6, 6.07) is 18.2. The molecule has 170 valence electrons. The minimum Gasteiger partial charge on any atom is -0.455 e. The van der Waals surface area contributed by atoms with E-state index in [0.717, 1.165) is 17.9 Å². The van der Waals surface area contributed by atoms with Gasteiger partial charge in [-0.25, -0.2) is 4.57 Å². The highest BCUT2D eigenvalue weighted by molar-refractivity contribution is 6.16. The Labute approximate surface area is 201 Å². The zero-order chi connectivity index (χ0) is 23.9. The molecule has 0 fully saturated rings. The van der Waals surface area contributed by atoms with Crippen molar-refractivity contribution < 1.29 is 9.30 Å². The molecule has 1 aromatic heterocycles. The fraction of sp³-hybridized carbons (Fsp3) is 0.281. The van der Waals surface area contributed by atoms with Crippen LogP contribution in [0.25, 0.3) is 43.6 Å². The van der Waals surface area contributed by atoms with Crippen molar-refractivity contribution in [2.24, 2.45) is 12.5 Å². The lowest BCUT2D eigenvalue weighted by atomic mass is 9.86. The van der Waals surface area contributed by atoms with E-state index < -0.39 is 0 Å². The van der Waals surface area contributed by atoms with Crippen LogP contribution in [0.15, 0.2) is 54.7 Å². The van der Waals surface area contributed by atoms with Gasteiger partial charge in [0.25, 0.3) is 0 Å². The van der Waals surface area contributed by atoms with Gasteiger partial charge in [-0.3, -0.25) is 0 Å². The minimum atomic E-state index is 0.253. The molecule has 0 atom stereocenters. The topological polar surface area (TPSA) is 13.1 Å². The van der Waals surface area contributed by atoms with Gasteiger partial charge < -0.3 is 4.74 Å². The number of pyridine rings is 1. The van der Waals surface area contributed by atoms with Crippen molar-refractivity contribution in [3.8, 4) is 22.8 Å². The van der Waals surface area contributed by atoms with Crippen LogP contribution in [0, 0.1) is 26.2 Å². The molecule has 4 aromatic carbocycles. The lowest BCUT2D eigenvalue weighted by molar-refractivity contribution is -0.659. The van der Waals surface area contributed by atoms with Gasteiger partial charge >= 0.3 is 0 Å². The molecule has 0 radical (unpaired) electrons.